The average molecular weight is 770 g/mol. The van der Waals surface area contributed by atoms with Crippen LogP contribution in [0.15, 0.2) is 47.2 Å². The van der Waals surface area contributed by atoms with Gasteiger partial charge in [0.1, 0.15) is 34.0 Å². The van der Waals surface area contributed by atoms with Crippen LogP contribution < -0.4 is 10.6 Å². The summed E-state index contributed by atoms with van der Waals surface area (Å²) in [7, 11) is 0. The topological polar surface area (TPSA) is 184 Å². The summed E-state index contributed by atoms with van der Waals surface area (Å²) in [5, 5.41) is 18.2. The molecule has 0 radical (unpaired) electrons. The van der Waals surface area contributed by atoms with Crippen LogP contribution in [0.1, 0.15) is 62.7 Å². The van der Waals surface area contributed by atoms with E-state index in [2.05, 4.69) is 56.6 Å². The number of anilines is 4. The summed E-state index contributed by atoms with van der Waals surface area (Å²) in [6.07, 6.45) is 16.2. The van der Waals surface area contributed by atoms with Gasteiger partial charge >= 0.3 is 5.97 Å². The van der Waals surface area contributed by atoms with Crippen molar-refractivity contribution in [1.29, 1.82) is 0 Å². The van der Waals surface area contributed by atoms with Crippen LogP contribution in [0.2, 0.25) is 0 Å². The third-order valence-electron chi connectivity index (χ3n) is 11.0. The molecule has 3 aliphatic heterocycles. The Kier molecular flexibility index (Phi) is 8.50. The minimum absolute atomic E-state index is 0.112. The van der Waals surface area contributed by atoms with E-state index in [1.54, 1.807) is 41.5 Å². The lowest BCUT2D eigenvalue weighted by Gasteiger charge is -2.35. The molecule has 9 heterocycles. The molecule has 1 saturated heterocycles. The number of aliphatic carboxylic acids is 1. The van der Waals surface area contributed by atoms with Crippen LogP contribution in [0.4, 0.5) is 23.0 Å². The normalized spacial score (nSPS) is 18.9. The molecule has 14 nitrogen and oxygen atoms in total. The van der Waals surface area contributed by atoms with Gasteiger partial charge in [-0.15, -0.1) is 22.7 Å². The third-order valence-corrected chi connectivity index (χ3v) is 13.4. The highest BCUT2D eigenvalue weighted by Gasteiger charge is 2.33. The van der Waals surface area contributed by atoms with E-state index in [1.165, 1.54) is 16.0 Å². The fraction of sp³-hybridized carbons (Fsp3) is 0.333. The van der Waals surface area contributed by atoms with Gasteiger partial charge in [0.2, 0.25) is 5.91 Å². The van der Waals surface area contributed by atoms with Gasteiger partial charge in [-0.2, -0.15) is 0 Å². The summed E-state index contributed by atoms with van der Waals surface area (Å²) in [6.45, 7) is 3.14. The lowest BCUT2D eigenvalue weighted by Crippen LogP contribution is -2.46. The number of carbonyl (C=O) groups is 2. The number of thiophene rings is 2. The summed E-state index contributed by atoms with van der Waals surface area (Å²) >= 11 is 3.28. The second kappa shape index (κ2) is 13.8. The largest absolute Gasteiger partial charge is 0.481 e. The van der Waals surface area contributed by atoms with Crippen LogP contribution in [-0.2, 0) is 48.4 Å². The third kappa shape index (κ3) is 6.28. The molecule has 2 atom stereocenters. The fourth-order valence-corrected chi connectivity index (χ4v) is 10.5. The summed E-state index contributed by atoms with van der Waals surface area (Å²) in [6, 6.07) is 4.08. The molecular formula is C39H35N11O3S2. The van der Waals surface area contributed by atoms with Crippen molar-refractivity contribution in [3.05, 3.63) is 80.6 Å². The minimum Gasteiger partial charge on any atom is -0.481 e. The molecule has 6 aromatic rings. The van der Waals surface area contributed by atoms with Gasteiger partial charge in [-0.1, -0.05) is 0 Å². The summed E-state index contributed by atoms with van der Waals surface area (Å²) in [4.78, 5) is 65.6. The highest BCUT2D eigenvalue weighted by atomic mass is 32.1. The molecule has 0 unspecified atom stereocenters. The maximum absolute atomic E-state index is 12.7. The van der Waals surface area contributed by atoms with Crippen molar-refractivity contribution in [2.45, 2.75) is 58.0 Å². The smallest absolute Gasteiger partial charge is 0.306 e. The van der Waals surface area contributed by atoms with E-state index in [1.807, 2.05) is 29.6 Å². The first kappa shape index (κ1) is 33.8. The number of amides is 1. The highest BCUT2D eigenvalue weighted by Crippen LogP contribution is 2.42. The molecule has 1 fully saturated rings. The quantitative estimate of drug-likeness (QED) is 0.179. The highest BCUT2D eigenvalue weighted by molar-refractivity contribution is 7.19. The number of hydrogen-bond donors (Lipinski definition) is 3. The number of aryl methyl sites for hydroxylation is 2. The van der Waals surface area contributed by atoms with Gasteiger partial charge in [0, 0.05) is 52.3 Å². The fourth-order valence-electron chi connectivity index (χ4n) is 8.01. The van der Waals surface area contributed by atoms with Crippen molar-refractivity contribution in [3.8, 4) is 0 Å². The summed E-state index contributed by atoms with van der Waals surface area (Å²) in [5.41, 5.74) is 8.31. The number of hydrogen-bond acceptors (Lipinski definition) is 14. The van der Waals surface area contributed by atoms with Crippen molar-refractivity contribution >= 4 is 90.4 Å². The van der Waals surface area contributed by atoms with Crippen LogP contribution in [0.3, 0.4) is 0 Å². The van der Waals surface area contributed by atoms with Gasteiger partial charge in [0.15, 0.2) is 0 Å². The lowest BCUT2D eigenvalue weighted by atomic mass is 9.86. The van der Waals surface area contributed by atoms with Crippen LogP contribution in [0, 0.1) is 11.8 Å². The standard InChI is InChI=1S/C21H20N6OS.C18H15N5O2S/c28-21(27-4-1-5-27)12-2-3-15-17(7-12)29-20-18(15)19(24-11-25-20)26-14-6-13-8-22-10-16(13)23-9-14;24-18(25)9-1-2-12-14(4-9)26-17-15(12)16(21-8-22-17)23-11-3-10-5-19-7-13(10)20-6-11/h6,8-9,11-12H,1-5,7,10H2,(H,24,25,26);3,5-6,8-9H,1-2,4,7H2,(H,24,25)(H,21,22,23)/t12-;9-/m00/s1. The van der Waals surface area contributed by atoms with Crippen molar-refractivity contribution in [3.63, 3.8) is 0 Å². The Morgan fingerprint density at radius 2 is 1.24 bits per heavy atom. The number of carboxylic acids is 1. The van der Waals surface area contributed by atoms with Gasteiger partial charge in [-0.3, -0.25) is 29.5 Å². The number of rotatable bonds is 6. The number of likely N-dealkylation sites (tertiary alicyclic amines) is 1. The van der Waals surface area contributed by atoms with Gasteiger partial charge in [0.25, 0.3) is 0 Å². The second-order valence-electron chi connectivity index (χ2n) is 14.4. The molecule has 0 saturated carbocycles. The number of carboxylic acid groups (broad SMARTS) is 1. The minimum atomic E-state index is -0.719. The predicted molar refractivity (Wildman–Crippen MR) is 212 cm³/mol. The van der Waals surface area contributed by atoms with E-state index in [0.29, 0.717) is 31.8 Å². The number of fused-ring (bicyclic) bond motifs is 8. The van der Waals surface area contributed by atoms with Gasteiger partial charge in [-0.25, -0.2) is 19.9 Å². The van der Waals surface area contributed by atoms with Crippen LogP contribution in [-0.4, -0.2) is 77.3 Å². The molecule has 2 aliphatic carbocycles. The Hall–Kier alpha value is -5.74. The zero-order chi connectivity index (χ0) is 37.0. The zero-order valence-corrected chi connectivity index (χ0v) is 31.3. The van der Waals surface area contributed by atoms with Gasteiger partial charge < -0.3 is 20.6 Å². The molecule has 6 aromatic heterocycles. The van der Waals surface area contributed by atoms with Crippen molar-refractivity contribution in [1.82, 2.24) is 34.8 Å². The maximum Gasteiger partial charge on any atom is 0.306 e. The van der Waals surface area contributed by atoms with Crippen molar-refractivity contribution in [2.75, 3.05) is 23.7 Å². The van der Waals surface area contributed by atoms with Gasteiger partial charge in [0.05, 0.1) is 64.9 Å². The summed E-state index contributed by atoms with van der Waals surface area (Å²) in [5.74, 6) is 0.980. The number of pyridine rings is 2. The first-order chi connectivity index (χ1) is 26.9. The van der Waals surface area contributed by atoms with E-state index >= 15 is 0 Å². The number of nitrogens with one attached hydrogen (secondary N) is 2. The molecule has 55 heavy (non-hydrogen) atoms. The van der Waals surface area contributed by atoms with Crippen LogP contribution in [0.5, 0.6) is 0 Å². The summed E-state index contributed by atoms with van der Waals surface area (Å²) < 4.78 is 0. The van der Waals surface area contributed by atoms with Crippen LogP contribution >= 0.6 is 22.7 Å². The zero-order valence-electron chi connectivity index (χ0n) is 29.7. The van der Waals surface area contributed by atoms with Crippen molar-refractivity contribution < 1.29 is 14.7 Å². The molecule has 1 amide bonds. The number of nitrogens with zero attached hydrogens (tertiary/aromatic N) is 9. The molecule has 16 heteroatoms. The second-order valence-corrected chi connectivity index (χ2v) is 16.6. The molecule has 11 rings (SSSR count). The molecule has 5 aliphatic rings. The first-order valence-electron chi connectivity index (χ1n) is 18.5. The van der Waals surface area contributed by atoms with E-state index < -0.39 is 5.97 Å². The van der Waals surface area contributed by atoms with Crippen LogP contribution in [0.25, 0.3) is 20.4 Å². The Balaban J connectivity index is 0.000000136. The van der Waals surface area contributed by atoms with E-state index in [4.69, 9.17) is 0 Å². The molecular weight excluding hydrogens is 735 g/mol. The molecule has 276 valence electrons. The number of aromatic nitrogens is 6. The van der Waals surface area contributed by atoms with E-state index in [0.717, 1.165) is 116 Å². The molecule has 3 N–H and O–H groups in total. The Morgan fingerprint density at radius 1 is 0.709 bits per heavy atom. The molecule has 0 bridgehead atoms. The Morgan fingerprint density at radius 3 is 1.75 bits per heavy atom. The Bertz CT molecular complexity index is 2600. The molecule has 0 spiro atoms. The maximum atomic E-state index is 12.7. The SMILES string of the molecule is O=C(O)[C@H]1CCc2c(sc3ncnc(Nc4cnc5c(c4)C=NC5)c23)C1.O=C([C@H]1CCc2c(sc3ncnc(Nc4cnc5c(c4)C=NC5)c23)C1)N1CCC1. The lowest BCUT2D eigenvalue weighted by molar-refractivity contribution is -0.142. The predicted octanol–water partition coefficient (Wildman–Crippen LogP) is 6.05. The molecule has 0 aromatic carbocycles. The monoisotopic (exact) mass is 769 g/mol. The van der Waals surface area contributed by atoms with Gasteiger partial charge in [-0.05, 0) is 68.2 Å². The Labute approximate surface area is 323 Å². The van der Waals surface area contributed by atoms with E-state index in [-0.39, 0.29) is 11.8 Å². The first-order valence-corrected chi connectivity index (χ1v) is 20.1. The number of carbonyl (C=O) groups excluding carboxylic acids is 1. The number of aliphatic imine (C=N–C) groups is 2. The van der Waals surface area contributed by atoms with Crippen molar-refractivity contribution in [2.24, 2.45) is 21.8 Å². The van der Waals surface area contributed by atoms with E-state index in [9.17, 15) is 14.7 Å². The average Bonchev–Trinajstić information content (AvgIpc) is 3.98.